The van der Waals surface area contributed by atoms with Gasteiger partial charge in [-0.15, -0.1) is 17.4 Å². The molecule has 0 spiro atoms. The molecule has 2 atom stereocenters. The molecule has 32 heteroatoms. The van der Waals surface area contributed by atoms with E-state index in [9.17, 15) is 57.5 Å². The van der Waals surface area contributed by atoms with Crippen molar-refractivity contribution in [1.82, 2.24) is 35.4 Å². The third kappa shape index (κ3) is 88.9. The standard InChI is InChI=1S/C50H89N5O10S.C34H63N3O6.C16H26N2O4S/c1-4-7-9-11-13-15-17-19-21-23-25-30-48(60)63-41-44(65-50(62)31-26-24-22-20-18-16-14-12-10-8-5-2)42-64-49(61)32-35-55-40-43(52-53-55)28-27-29-45(56)51-34-36-54(46(57)6-3)37-39-66-38-33-47(58)59;1-3-5-7-9-11-13-15-17-19-21-23-25-32(38)41-29-31(30-42-33(39)27-28-36-37-35)43-34(40)26-24-22-20-18-16-14-12-10-8-6-4-2;1-3-5-6-7-14(19)17-9-10-18(15(20)4-2)11-13-23-12-8-16(21)22/h40,44H,4-39,41-42H2,1-3H3,(H,51,56)(H,58,59);31H,3-30H2,1-2H3;1H,4-13H2,2H3,(H,17,19)(H,21,22). The van der Waals surface area contributed by atoms with Gasteiger partial charge in [0.25, 0.3) is 0 Å². The fourth-order valence-electron chi connectivity index (χ4n) is 14.1. The van der Waals surface area contributed by atoms with Gasteiger partial charge in [-0.3, -0.25) is 62.2 Å². The monoisotopic (exact) mass is 1900 g/mol. The van der Waals surface area contributed by atoms with Gasteiger partial charge < -0.3 is 59.1 Å². The Morgan fingerprint density at radius 1 is 0.409 bits per heavy atom. The van der Waals surface area contributed by atoms with E-state index in [2.05, 4.69) is 64.6 Å². The molecule has 132 heavy (non-hydrogen) atoms. The van der Waals surface area contributed by atoms with Gasteiger partial charge in [-0.25, -0.2) is 0 Å². The van der Waals surface area contributed by atoms with E-state index < -0.39 is 42.1 Å². The van der Waals surface area contributed by atoms with Gasteiger partial charge in [-0.2, -0.15) is 23.5 Å². The number of hydrogen-bond donors (Lipinski definition) is 4. The number of aliphatic carboxylic acids is 2. The number of unbranched alkanes of at least 4 members (excludes halogenated alkanes) is 41. The van der Waals surface area contributed by atoms with Crippen LogP contribution in [0.2, 0.25) is 0 Å². The molecule has 760 valence electrons. The molecule has 4 amide bonds. The quantitative estimate of drug-likeness (QED) is 0.00895. The van der Waals surface area contributed by atoms with Crippen LogP contribution in [0.25, 0.3) is 10.4 Å². The second-order valence-electron chi connectivity index (χ2n) is 34.1. The average molecular weight is 1900 g/mol. The lowest BCUT2D eigenvalue weighted by atomic mass is 10.1. The number of nitrogens with zero attached hydrogens (tertiary/aromatic N) is 8. The van der Waals surface area contributed by atoms with E-state index >= 15 is 0 Å². The van der Waals surface area contributed by atoms with E-state index in [4.69, 9.17) is 50.6 Å². The maximum Gasteiger partial charge on any atom is 0.307 e. The minimum atomic E-state index is -0.899. The predicted octanol–water partition coefficient (Wildman–Crippen LogP) is 21.4. The lowest BCUT2D eigenvalue weighted by Gasteiger charge is -2.22. The van der Waals surface area contributed by atoms with E-state index in [0.717, 1.165) is 83.5 Å². The van der Waals surface area contributed by atoms with Crippen LogP contribution in [0.3, 0.4) is 0 Å². The third-order valence-electron chi connectivity index (χ3n) is 22.1. The summed E-state index contributed by atoms with van der Waals surface area (Å²) in [5, 5.41) is 34.6. The minimum absolute atomic E-state index is 0.00182. The molecule has 0 fully saturated rings. The van der Waals surface area contributed by atoms with Crippen LogP contribution in [-0.4, -0.2) is 214 Å². The third-order valence-corrected chi connectivity index (χ3v) is 24.0. The fourth-order valence-corrected chi connectivity index (χ4v) is 15.8. The highest BCUT2D eigenvalue weighted by Gasteiger charge is 2.23. The van der Waals surface area contributed by atoms with Gasteiger partial charge in [0, 0.05) is 138 Å². The topological polar surface area (TPSA) is 411 Å². The van der Waals surface area contributed by atoms with Gasteiger partial charge in [0.15, 0.2) is 12.2 Å². The molecule has 1 rings (SSSR count). The van der Waals surface area contributed by atoms with Crippen molar-refractivity contribution in [1.29, 1.82) is 0 Å². The van der Waals surface area contributed by atoms with Crippen molar-refractivity contribution < 1.29 is 96.2 Å². The molecule has 0 saturated carbocycles. The van der Waals surface area contributed by atoms with Crippen LogP contribution in [-0.2, 0) is 98.9 Å². The molecule has 0 bridgehead atoms. The zero-order chi connectivity index (χ0) is 97.4. The number of terminal acetylenes is 1. The van der Waals surface area contributed by atoms with Crippen molar-refractivity contribution in [3.8, 4) is 12.3 Å². The molecule has 4 N–H and O–H groups in total. The molecule has 1 aromatic heterocycles. The maximum absolute atomic E-state index is 12.8. The Labute approximate surface area is 802 Å². The number of carbonyl (C=O) groups excluding carboxylic acids is 10. The van der Waals surface area contributed by atoms with Crippen LogP contribution in [0.15, 0.2) is 11.3 Å². The normalized spacial score (nSPS) is 11.2. The molecule has 0 aliphatic heterocycles. The van der Waals surface area contributed by atoms with Crippen molar-refractivity contribution in [2.45, 2.75) is 446 Å². The Balaban J connectivity index is 0. The summed E-state index contributed by atoms with van der Waals surface area (Å²) in [6.07, 6.45) is 62.4. The molecule has 0 radical (unpaired) electrons. The number of esters is 6. The highest BCUT2D eigenvalue weighted by molar-refractivity contribution is 7.99. The summed E-state index contributed by atoms with van der Waals surface area (Å²) < 4.78 is 34.2. The van der Waals surface area contributed by atoms with Gasteiger partial charge in [0.1, 0.15) is 26.4 Å². The number of rotatable bonds is 91. The number of azide groups is 1. The van der Waals surface area contributed by atoms with Gasteiger partial charge in [-0.05, 0) is 50.5 Å². The first-order valence-electron chi connectivity index (χ1n) is 51.1. The number of carboxylic acid groups (broad SMARTS) is 2. The van der Waals surface area contributed by atoms with Gasteiger partial charge in [0.05, 0.1) is 37.9 Å². The molecular weight excluding hydrogens is 1730 g/mol. The van der Waals surface area contributed by atoms with Crippen LogP contribution >= 0.6 is 23.5 Å². The maximum atomic E-state index is 12.8. The second kappa shape index (κ2) is 96.5. The highest BCUT2D eigenvalue weighted by atomic mass is 32.2. The number of carboxylic acids is 2. The summed E-state index contributed by atoms with van der Waals surface area (Å²) in [6.45, 7) is 14.6. The van der Waals surface area contributed by atoms with Crippen LogP contribution in [0.5, 0.6) is 0 Å². The van der Waals surface area contributed by atoms with E-state index in [-0.39, 0.29) is 126 Å². The molecule has 2 unspecified atom stereocenters. The van der Waals surface area contributed by atoms with Gasteiger partial charge in [-0.1, -0.05) is 309 Å². The Hall–Kier alpha value is -7.65. The summed E-state index contributed by atoms with van der Waals surface area (Å²) in [7, 11) is 0. The number of thioether (sulfide) groups is 2. The first-order chi connectivity index (χ1) is 64.1. The van der Waals surface area contributed by atoms with E-state index in [1.807, 2.05) is 0 Å². The van der Waals surface area contributed by atoms with E-state index in [0.29, 0.717) is 126 Å². The van der Waals surface area contributed by atoms with E-state index in [1.54, 1.807) is 29.8 Å². The summed E-state index contributed by atoms with van der Waals surface area (Å²) >= 11 is 2.99. The Bertz CT molecular complexity index is 3180. The average Bonchev–Trinajstić information content (AvgIpc) is 1.73. The first-order valence-corrected chi connectivity index (χ1v) is 53.4. The summed E-state index contributed by atoms with van der Waals surface area (Å²) in [4.78, 5) is 150. The molecule has 30 nitrogen and oxygen atoms in total. The second-order valence-corrected chi connectivity index (χ2v) is 36.6. The zero-order valence-corrected chi connectivity index (χ0v) is 84.3. The lowest BCUT2D eigenvalue weighted by molar-refractivity contribution is -0.167. The van der Waals surface area contributed by atoms with E-state index in [1.165, 1.54) is 227 Å². The van der Waals surface area contributed by atoms with Crippen molar-refractivity contribution in [2.75, 3.05) is 95.3 Å². The number of hydrogen-bond acceptors (Lipinski definition) is 23. The summed E-state index contributed by atoms with van der Waals surface area (Å²) in [5.74, 6) is 0.455. The number of ether oxygens (including phenoxy) is 6. The van der Waals surface area contributed by atoms with Crippen LogP contribution in [0.4, 0.5) is 0 Å². The van der Waals surface area contributed by atoms with Gasteiger partial charge >= 0.3 is 47.8 Å². The lowest BCUT2D eigenvalue weighted by Crippen LogP contribution is -2.39. The largest absolute Gasteiger partial charge is 0.481 e. The van der Waals surface area contributed by atoms with Crippen molar-refractivity contribution in [3.05, 3.63) is 22.3 Å². The summed E-state index contributed by atoms with van der Waals surface area (Å²) in [5.41, 5.74) is 9.03. The van der Waals surface area contributed by atoms with Crippen LogP contribution in [0, 0.1) is 12.3 Å². The molecule has 0 aliphatic rings. The number of aromatic nitrogens is 3. The Kier molecular flexibility index (Phi) is 92.4. The smallest absolute Gasteiger partial charge is 0.307 e. The predicted molar refractivity (Wildman–Crippen MR) is 526 cm³/mol. The first kappa shape index (κ1) is 126. The van der Waals surface area contributed by atoms with Crippen LogP contribution in [0.1, 0.15) is 426 Å². The van der Waals surface area contributed by atoms with Gasteiger partial charge in [0.2, 0.25) is 23.6 Å². The Morgan fingerprint density at radius 3 is 1.04 bits per heavy atom. The van der Waals surface area contributed by atoms with Crippen molar-refractivity contribution in [3.63, 3.8) is 0 Å². The highest BCUT2D eigenvalue weighted by Crippen LogP contribution is 2.20. The zero-order valence-electron chi connectivity index (χ0n) is 82.7. The minimum Gasteiger partial charge on any atom is -0.481 e. The summed E-state index contributed by atoms with van der Waals surface area (Å²) in [6, 6.07) is 0. The number of carbonyl (C=O) groups is 12. The van der Waals surface area contributed by atoms with Crippen LogP contribution < -0.4 is 10.6 Å². The SMILES string of the molecule is C#CCCCC(=O)NCCN(CCSCCC(=O)O)C(=O)CC.CCCCCCCCCCCCCC(=O)OCC(COC(=O)CCN=[N+]=[N-])OC(=O)CCCCCCCCCCCCC.CCCCCCCCCCCCCC(=O)OCC(COC(=O)CCn1cc(CCCC(=O)NCCN(CCSCCC(=O)O)C(=O)CC)nn1)OC(=O)CCCCCCCCCCCCC. The Morgan fingerprint density at radius 2 is 0.720 bits per heavy atom. The molecule has 1 heterocycles. The van der Waals surface area contributed by atoms with Crippen molar-refractivity contribution >= 4 is 94.9 Å². The molecular formula is C100H178N10O20S2. The molecule has 0 aliphatic carbocycles. The number of amides is 4. The number of nitrogens with one attached hydrogen (secondary N) is 2. The number of aryl methyl sites for hydroxylation is 2. The molecule has 0 aromatic carbocycles. The molecule has 1 aromatic rings. The fraction of sp³-hybridized carbons (Fsp3) is 0.840. The van der Waals surface area contributed by atoms with Crippen molar-refractivity contribution in [2.24, 2.45) is 5.11 Å². The molecule has 0 saturated heterocycles.